The number of ether oxygens (including phenoxy) is 2. The van der Waals surface area contributed by atoms with Gasteiger partial charge in [0.15, 0.2) is 5.78 Å². The van der Waals surface area contributed by atoms with E-state index in [1.807, 2.05) is 30.3 Å². The van der Waals surface area contributed by atoms with Crippen molar-refractivity contribution in [2.45, 2.75) is 31.3 Å². The molecule has 2 N–H and O–H groups in total. The number of carbonyl (C=O) groups is 1. The number of hydrogen-bond donors (Lipinski definition) is 1. The molecule has 180 valence electrons. The Morgan fingerprint density at radius 3 is 2.56 bits per heavy atom. The summed E-state index contributed by atoms with van der Waals surface area (Å²) in [7, 11) is 0. The van der Waals surface area contributed by atoms with E-state index in [0.717, 1.165) is 5.56 Å². The van der Waals surface area contributed by atoms with Crippen molar-refractivity contribution in [3.8, 4) is 11.8 Å². The minimum Gasteiger partial charge on any atom is -0.488 e. The first-order valence-corrected chi connectivity index (χ1v) is 11.9. The Bertz CT molecular complexity index is 1420. The first-order valence-electron chi connectivity index (χ1n) is 11.5. The molecular formula is C29H22ClFN2O3. The predicted octanol–water partition coefficient (Wildman–Crippen LogP) is 6.27. The van der Waals surface area contributed by atoms with Crippen LogP contribution in [0, 0.1) is 17.1 Å². The zero-order chi connectivity index (χ0) is 25.2. The molecule has 0 aromatic heterocycles. The highest BCUT2D eigenvalue weighted by atomic mass is 35.5. The van der Waals surface area contributed by atoms with Gasteiger partial charge in [-0.1, -0.05) is 66.2 Å². The number of carbonyl (C=O) groups excluding carboxylic acids is 1. The van der Waals surface area contributed by atoms with Crippen LogP contribution < -0.4 is 10.5 Å². The average Bonchev–Trinajstić information content (AvgIpc) is 2.88. The molecule has 0 spiro atoms. The number of halogens is 2. The highest BCUT2D eigenvalue weighted by Gasteiger charge is 2.41. The summed E-state index contributed by atoms with van der Waals surface area (Å²) in [6.07, 6.45) is 0.768. The second-order valence-electron chi connectivity index (χ2n) is 8.73. The van der Waals surface area contributed by atoms with Crippen molar-refractivity contribution >= 4 is 17.4 Å². The number of hydrogen-bond acceptors (Lipinski definition) is 5. The minimum absolute atomic E-state index is 0.0327. The van der Waals surface area contributed by atoms with Gasteiger partial charge in [-0.05, 0) is 29.7 Å². The fourth-order valence-electron chi connectivity index (χ4n) is 4.85. The van der Waals surface area contributed by atoms with E-state index < -0.39 is 11.7 Å². The Morgan fingerprint density at radius 2 is 1.81 bits per heavy atom. The lowest BCUT2D eigenvalue weighted by Gasteiger charge is -2.34. The van der Waals surface area contributed by atoms with Crippen LogP contribution >= 0.6 is 11.6 Å². The maximum Gasteiger partial charge on any atom is 0.205 e. The van der Waals surface area contributed by atoms with Gasteiger partial charge in [-0.25, -0.2) is 4.39 Å². The van der Waals surface area contributed by atoms with Gasteiger partial charge < -0.3 is 15.2 Å². The van der Waals surface area contributed by atoms with Crippen molar-refractivity contribution < 1.29 is 18.7 Å². The van der Waals surface area contributed by atoms with Crippen molar-refractivity contribution in [3.05, 3.63) is 123 Å². The molecule has 7 heteroatoms. The molecule has 1 aliphatic carbocycles. The Kier molecular flexibility index (Phi) is 6.49. The standard InChI is InChI=1S/C29H22ClFN2O3/c30-22-10-6-11-23(31)21(22)16-35-25-12-5-4-9-19(25)27-20(15-32)29(33)36-26-14-18(13-24(34)28(26)27)17-7-2-1-3-8-17/h1-12,18,27H,13-14,16,33H2/t18-,27+/m0/s1. The topological polar surface area (TPSA) is 85.3 Å². The lowest BCUT2D eigenvalue weighted by molar-refractivity contribution is -0.117. The lowest BCUT2D eigenvalue weighted by Crippen LogP contribution is -2.30. The van der Waals surface area contributed by atoms with Crippen LogP contribution in [0.25, 0.3) is 0 Å². The number of nitriles is 1. The Balaban J connectivity index is 1.54. The largest absolute Gasteiger partial charge is 0.488 e. The average molecular weight is 501 g/mol. The molecule has 2 aliphatic rings. The molecule has 0 saturated carbocycles. The molecule has 1 heterocycles. The van der Waals surface area contributed by atoms with Crippen LogP contribution in [0.1, 0.15) is 41.4 Å². The van der Waals surface area contributed by atoms with E-state index in [2.05, 4.69) is 6.07 Å². The van der Waals surface area contributed by atoms with Crippen LogP contribution in [0.3, 0.4) is 0 Å². The fourth-order valence-corrected chi connectivity index (χ4v) is 5.07. The van der Waals surface area contributed by atoms with Crippen molar-refractivity contribution in [1.82, 2.24) is 0 Å². The molecule has 3 aromatic carbocycles. The third-order valence-electron chi connectivity index (χ3n) is 6.60. The summed E-state index contributed by atoms with van der Waals surface area (Å²) in [6.45, 7) is -0.122. The molecular weight excluding hydrogens is 479 g/mol. The molecule has 3 aromatic rings. The number of para-hydroxylation sites is 1. The number of nitrogens with zero attached hydrogens (tertiary/aromatic N) is 1. The van der Waals surface area contributed by atoms with Crippen molar-refractivity contribution in [1.29, 1.82) is 5.26 Å². The monoisotopic (exact) mass is 500 g/mol. The minimum atomic E-state index is -0.754. The number of benzene rings is 3. The highest BCUT2D eigenvalue weighted by Crippen LogP contribution is 2.48. The van der Waals surface area contributed by atoms with Gasteiger partial charge in [0.2, 0.25) is 5.88 Å². The van der Waals surface area contributed by atoms with Gasteiger partial charge in [0.05, 0.1) is 10.9 Å². The van der Waals surface area contributed by atoms with Crippen molar-refractivity contribution in [3.63, 3.8) is 0 Å². The van der Waals surface area contributed by atoms with Crippen LogP contribution in [-0.4, -0.2) is 5.78 Å². The molecule has 5 nitrogen and oxygen atoms in total. The molecule has 0 radical (unpaired) electrons. The first kappa shape index (κ1) is 23.7. The Hall–Kier alpha value is -4.08. The predicted molar refractivity (Wildman–Crippen MR) is 133 cm³/mol. The molecule has 2 atom stereocenters. The molecule has 1 aliphatic heterocycles. The number of rotatable bonds is 5. The second-order valence-corrected chi connectivity index (χ2v) is 9.13. The zero-order valence-corrected chi connectivity index (χ0v) is 20.0. The van der Waals surface area contributed by atoms with Gasteiger partial charge in [-0.3, -0.25) is 4.79 Å². The highest BCUT2D eigenvalue weighted by molar-refractivity contribution is 6.31. The molecule has 36 heavy (non-hydrogen) atoms. The normalized spacial score (nSPS) is 19.4. The summed E-state index contributed by atoms with van der Waals surface area (Å²) >= 11 is 6.17. The maximum atomic E-state index is 14.3. The molecule has 0 unspecified atom stereocenters. The molecule has 0 saturated heterocycles. The summed E-state index contributed by atoms with van der Waals surface area (Å²) in [5.74, 6) is -0.563. The van der Waals surface area contributed by atoms with E-state index in [0.29, 0.717) is 29.1 Å². The van der Waals surface area contributed by atoms with Crippen molar-refractivity contribution in [2.75, 3.05) is 0 Å². The molecule has 0 fully saturated rings. The molecule has 0 amide bonds. The number of allylic oxidation sites excluding steroid dienone is 3. The first-order chi connectivity index (χ1) is 17.5. The van der Waals surface area contributed by atoms with E-state index >= 15 is 0 Å². The van der Waals surface area contributed by atoms with Gasteiger partial charge in [-0.15, -0.1) is 0 Å². The van der Waals surface area contributed by atoms with Crippen molar-refractivity contribution in [2.24, 2.45) is 5.73 Å². The van der Waals surface area contributed by atoms with Crippen LogP contribution in [0.4, 0.5) is 4.39 Å². The van der Waals surface area contributed by atoms with E-state index in [-0.39, 0.29) is 46.8 Å². The van der Waals surface area contributed by atoms with E-state index in [1.165, 1.54) is 12.1 Å². The van der Waals surface area contributed by atoms with E-state index in [1.54, 1.807) is 30.3 Å². The van der Waals surface area contributed by atoms with Gasteiger partial charge in [0.25, 0.3) is 0 Å². The third kappa shape index (κ3) is 4.34. The quantitative estimate of drug-likeness (QED) is 0.446. The van der Waals surface area contributed by atoms with Gasteiger partial charge in [0.1, 0.15) is 35.6 Å². The van der Waals surface area contributed by atoms with Gasteiger partial charge in [0, 0.05) is 29.5 Å². The van der Waals surface area contributed by atoms with Crippen LogP contribution in [0.5, 0.6) is 5.75 Å². The van der Waals surface area contributed by atoms with E-state index in [9.17, 15) is 14.4 Å². The number of Topliss-reactive ketones (excluding diaryl/α,β-unsaturated/α-hetero) is 1. The Labute approximate surface area is 213 Å². The van der Waals surface area contributed by atoms with Gasteiger partial charge in [-0.2, -0.15) is 5.26 Å². The summed E-state index contributed by atoms with van der Waals surface area (Å²) in [5.41, 5.74) is 8.57. The van der Waals surface area contributed by atoms with Crippen LogP contribution in [-0.2, 0) is 16.1 Å². The summed E-state index contributed by atoms with van der Waals surface area (Å²) in [5, 5.41) is 10.2. The van der Waals surface area contributed by atoms with Crippen LogP contribution in [0.15, 0.2) is 95.6 Å². The third-order valence-corrected chi connectivity index (χ3v) is 6.95. The number of ketones is 1. The number of nitrogens with two attached hydrogens (primary N) is 1. The SMILES string of the molecule is N#CC1=C(N)OC2=C(C(=O)C[C@H](c3ccccc3)C2)[C@@H]1c1ccccc1OCc1c(F)cccc1Cl. The lowest BCUT2D eigenvalue weighted by atomic mass is 9.73. The molecule has 0 bridgehead atoms. The molecule has 5 rings (SSSR count). The van der Waals surface area contributed by atoms with Crippen LogP contribution in [0.2, 0.25) is 5.02 Å². The van der Waals surface area contributed by atoms with Gasteiger partial charge >= 0.3 is 0 Å². The smallest absolute Gasteiger partial charge is 0.205 e. The summed E-state index contributed by atoms with van der Waals surface area (Å²) in [4.78, 5) is 13.5. The van der Waals surface area contributed by atoms with E-state index in [4.69, 9.17) is 26.8 Å². The second kappa shape index (κ2) is 9.88. The Morgan fingerprint density at radius 1 is 1.06 bits per heavy atom. The fraction of sp³-hybridized carbons (Fsp3) is 0.172. The summed E-state index contributed by atoms with van der Waals surface area (Å²) in [6, 6.07) is 23.4. The maximum absolute atomic E-state index is 14.3. The summed E-state index contributed by atoms with van der Waals surface area (Å²) < 4.78 is 26.2. The zero-order valence-electron chi connectivity index (χ0n) is 19.2.